The van der Waals surface area contributed by atoms with Crippen molar-refractivity contribution in [3.8, 4) is 0 Å². The topological polar surface area (TPSA) is 42.9 Å². The van der Waals surface area contributed by atoms with E-state index in [4.69, 9.17) is 0 Å². The van der Waals surface area contributed by atoms with Gasteiger partial charge in [-0.1, -0.05) is 36.4 Å². The molecule has 2 heterocycles. The standard InChI is InChI=1S/C9H7N.C8H5NOS/c1-2-6-9-8(4-1)5-3-7-10-9;10-5-8-9-6-3-1-2-4-7(6)11-8/h1-7H;1-5H. The number of carbonyl (C=O) groups is 1. The van der Waals surface area contributed by atoms with Crippen LogP contribution in [0.25, 0.3) is 21.1 Å². The third-order valence-corrected chi connectivity index (χ3v) is 3.89. The van der Waals surface area contributed by atoms with Crippen molar-refractivity contribution in [3.63, 3.8) is 0 Å². The smallest absolute Gasteiger partial charge is 0.178 e. The van der Waals surface area contributed by atoms with Gasteiger partial charge in [-0.25, -0.2) is 4.98 Å². The molecule has 0 atom stereocenters. The van der Waals surface area contributed by atoms with Gasteiger partial charge in [0.1, 0.15) is 0 Å². The fourth-order valence-electron chi connectivity index (χ4n) is 1.96. The van der Waals surface area contributed by atoms with Crippen molar-refractivity contribution < 1.29 is 4.79 Å². The molecule has 2 aromatic carbocycles. The zero-order chi connectivity index (χ0) is 14.5. The lowest BCUT2D eigenvalue weighted by molar-refractivity contribution is 0.112. The van der Waals surface area contributed by atoms with Crippen LogP contribution in [0.2, 0.25) is 0 Å². The van der Waals surface area contributed by atoms with E-state index in [2.05, 4.69) is 22.1 Å². The number of aromatic nitrogens is 2. The quantitative estimate of drug-likeness (QED) is 0.490. The highest BCUT2D eigenvalue weighted by Crippen LogP contribution is 2.19. The Morgan fingerprint density at radius 1 is 0.857 bits per heavy atom. The van der Waals surface area contributed by atoms with Crippen molar-refractivity contribution in [1.82, 2.24) is 9.97 Å². The fraction of sp³-hybridized carbons (Fsp3) is 0. The molecule has 4 aromatic rings. The summed E-state index contributed by atoms with van der Waals surface area (Å²) in [5.74, 6) is 0. The number of pyridine rings is 1. The lowest BCUT2D eigenvalue weighted by atomic mass is 10.2. The molecule has 102 valence electrons. The summed E-state index contributed by atoms with van der Waals surface area (Å²) in [7, 11) is 0. The van der Waals surface area contributed by atoms with Gasteiger partial charge in [-0.15, -0.1) is 11.3 Å². The number of thiazole rings is 1. The van der Waals surface area contributed by atoms with Crippen LogP contribution in [0.5, 0.6) is 0 Å². The van der Waals surface area contributed by atoms with Gasteiger partial charge in [0.15, 0.2) is 11.3 Å². The number of hydrogen-bond acceptors (Lipinski definition) is 4. The molecule has 0 saturated carbocycles. The molecule has 0 N–H and O–H groups in total. The van der Waals surface area contributed by atoms with Crippen molar-refractivity contribution >= 4 is 38.7 Å². The Morgan fingerprint density at radius 3 is 2.33 bits per heavy atom. The van der Waals surface area contributed by atoms with Crippen LogP contribution < -0.4 is 0 Å². The molecule has 0 fully saturated rings. The summed E-state index contributed by atoms with van der Waals surface area (Å²) >= 11 is 1.42. The van der Waals surface area contributed by atoms with Gasteiger partial charge in [-0.2, -0.15) is 0 Å². The van der Waals surface area contributed by atoms with Gasteiger partial charge in [-0.3, -0.25) is 9.78 Å². The minimum atomic E-state index is 0.547. The van der Waals surface area contributed by atoms with Crippen molar-refractivity contribution in [1.29, 1.82) is 0 Å². The Bertz CT molecular complexity index is 787. The van der Waals surface area contributed by atoms with Gasteiger partial charge in [0.25, 0.3) is 0 Å². The largest absolute Gasteiger partial charge is 0.295 e. The zero-order valence-electron chi connectivity index (χ0n) is 11.1. The number of para-hydroxylation sites is 2. The Morgan fingerprint density at radius 2 is 1.57 bits per heavy atom. The first kappa shape index (κ1) is 13.4. The molecular weight excluding hydrogens is 280 g/mol. The molecule has 0 aliphatic carbocycles. The Hall–Kier alpha value is -2.59. The second kappa shape index (κ2) is 6.24. The highest BCUT2D eigenvalue weighted by atomic mass is 32.1. The first-order valence-electron chi connectivity index (χ1n) is 6.47. The Balaban J connectivity index is 0.000000126. The van der Waals surface area contributed by atoms with Crippen LogP contribution in [-0.2, 0) is 0 Å². The number of hydrogen-bond donors (Lipinski definition) is 0. The van der Waals surface area contributed by atoms with Crippen molar-refractivity contribution in [2.24, 2.45) is 0 Å². The maximum Gasteiger partial charge on any atom is 0.178 e. The van der Waals surface area contributed by atoms with Gasteiger partial charge in [0, 0.05) is 11.6 Å². The van der Waals surface area contributed by atoms with Crippen LogP contribution in [0.3, 0.4) is 0 Å². The molecule has 0 saturated heterocycles. The molecule has 3 nitrogen and oxygen atoms in total. The molecule has 4 heteroatoms. The highest BCUT2D eigenvalue weighted by molar-refractivity contribution is 7.19. The van der Waals surface area contributed by atoms with Gasteiger partial charge >= 0.3 is 0 Å². The summed E-state index contributed by atoms with van der Waals surface area (Å²) in [6.45, 7) is 0. The monoisotopic (exact) mass is 292 g/mol. The molecule has 0 radical (unpaired) electrons. The molecule has 21 heavy (non-hydrogen) atoms. The van der Waals surface area contributed by atoms with Crippen molar-refractivity contribution in [2.45, 2.75) is 0 Å². The molecule has 0 aliphatic heterocycles. The van der Waals surface area contributed by atoms with E-state index < -0.39 is 0 Å². The van der Waals surface area contributed by atoms with Crippen molar-refractivity contribution in [2.75, 3.05) is 0 Å². The minimum absolute atomic E-state index is 0.547. The molecule has 0 unspecified atom stereocenters. The summed E-state index contributed by atoms with van der Waals surface area (Å²) in [4.78, 5) is 18.6. The van der Waals surface area contributed by atoms with Crippen LogP contribution in [0.15, 0.2) is 66.9 Å². The maximum absolute atomic E-state index is 10.3. The van der Waals surface area contributed by atoms with Crippen LogP contribution in [-0.4, -0.2) is 16.3 Å². The number of aldehydes is 1. The number of benzene rings is 2. The summed E-state index contributed by atoms with van der Waals surface area (Å²) in [6.07, 6.45) is 2.59. The first-order chi connectivity index (χ1) is 10.4. The molecular formula is C17H12N2OS. The number of fused-ring (bicyclic) bond motifs is 2. The average Bonchev–Trinajstić information content (AvgIpc) is 2.99. The molecule has 0 amide bonds. The van der Waals surface area contributed by atoms with Gasteiger partial charge in [0.05, 0.1) is 15.7 Å². The number of carbonyl (C=O) groups excluding carboxylic acids is 1. The average molecular weight is 292 g/mol. The first-order valence-corrected chi connectivity index (χ1v) is 7.29. The summed E-state index contributed by atoms with van der Waals surface area (Å²) < 4.78 is 1.06. The fourth-order valence-corrected chi connectivity index (χ4v) is 2.74. The van der Waals surface area contributed by atoms with Crippen LogP contribution in [0.1, 0.15) is 9.80 Å². The van der Waals surface area contributed by atoms with Crippen LogP contribution in [0, 0.1) is 0 Å². The van der Waals surface area contributed by atoms with Crippen molar-refractivity contribution in [3.05, 3.63) is 71.9 Å². The molecule has 2 aromatic heterocycles. The predicted octanol–water partition coefficient (Wildman–Crippen LogP) is 4.34. The summed E-state index contributed by atoms with van der Waals surface area (Å²) in [5, 5.41) is 1.75. The van der Waals surface area contributed by atoms with E-state index >= 15 is 0 Å². The lowest BCUT2D eigenvalue weighted by Gasteiger charge is -1.91. The third kappa shape index (κ3) is 3.12. The maximum atomic E-state index is 10.3. The molecule has 0 aliphatic rings. The second-order valence-corrected chi connectivity index (χ2v) is 5.40. The molecule has 0 bridgehead atoms. The van der Waals surface area contributed by atoms with Crippen LogP contribution in [0.4, 0.5) is 0 Å². The van der Waals surface area contributed by atoms with E-state index in [1.807, 2.05) is 54.7 Å². The normalized spacial score (nSPS) is 10.1. The Labute approximate surface area is 125 Å². The predicted molar refractivity (Wildman–Crippen MR) is 86.8 cm³/mol. The molecule has 0 spiro atoms. The number of nitrogens with zero attached hydrogens (tertiary/aromatic N) is 2. The highest BCUT2D eigenvalue weighted by Gasteiger charge is 1.99. The van der Waals surface area contributed by atoms with E-state index in [0.29, 0.717) is 5.01 Å². The summed E-state index contributed by atoms with van der Waals surface area (Å²) in [6, 6.07) is 19.8. The Kier molecular flexibility index (Phi) is 3.98. The molecule has 4 rings (SSSR count). The SMILES string of the molecule is O=Cc1nc2ccccc2s1.c1ccc2ncccc2c1. The van der Waals surface area contributed by atoms with Crippen LogP contribution >= 0.6 is 11.3 Å². The summed E-state index contributed by atoms with van der Waals surface area (Å²) in [5.41, 5.74) is 1.96. The second-order valence-electron chi connectivity index (χ2n) is 4.33. The third-order valence-electron chi connectivity index (χ3n) is 2.92. The van der Waals surface area contributed by atoms with Gasteiger partial charge < -0.3 is 0 Å². The van der Waals surface area contributed by atoms with E-state index in [1.165, 1.54) is 16.7 Å². The van der Waals surface area contributed by atoms with E-state index in [9.17, 15) is 4.79 Å². The van der Waals surface area contributed by atoms with Gasteiger partial charge in [-0.05, 0) is 24.3 Å². The van der Waals surface area contributed by atoms with Gasteiger partial charge in [0.2, 0.25) is 0 Å². The van der Waals surface area contributed by atoms with E-state index in [1.54, 1.807) is 0 Å². The lowest BCUT2D eigenvalue weighted by Crippen LogP contribution is -1.73. The zero-order valence-corrected chi connectivity index (χ0v) is 12.0. The van der Waals surface area contributed by atoms with E-state index in [0.717, 1.165) is 22.0 Å². The number of rotatable bonds is 1. The minimum Gasteiger partial charge on any atom is -0.295 e. The van der Waals surface area contributed by atoms with E-state index in [-0.39, 0.29) is 0 Å².